The molecule has 1 atom stereocenters. The molecular formula is C9H13NO3. The van der Waals surface area contributed by atoms with Gasteiger partial charge in [-0.2, -0.15) is 5.26 Å². The van der Waals surface area contributed by atoms with Gasteiger partial charge in [0.15, 0.2) is 0 Å². The molecule has 0 aliphatic rings. The highest BCUT2D eigenvalue weighted by Crippen LogP contribution is 1.98. The van der Waals surface area contributed by atoms with Gasteiger partial charge >= 0.3 is 5.97 Å². The van der Waals surface area contributed by atoms with Crippen LogP contribution in [0.2, 0.25) is 0 Å². The molecule has 0 rings (SSSR count). The van der Waals surface area contributed by atoms with Gasteiger partial charge in [0.05, 0.1) is 6.61 Å². The summed E-state index contributed by atoms with van der Waals surface area (Å²) < 4.78 is 9.84. The van der Waals surface area contributed by atoms with Crippen LogP contribution in [0.15, 0.2) is 12.2 Å². The topological polar surface area (TPSA) is 59.3 Å². The van der Waals surface area contributed by atoms with Gasteiger partial charge in [-0.25, -0.2) is 4.79 Å². The lowest BCUT2D eigenvalue weighted by molar-refractivity contribution is -0.145. The SMILES string of the molecule is C=C(C#N)C(=O)OC(C)COCC. The van der Waals surface area contributed by atoms with Crippen molar-refractivity contribution in [3.8, 4) is 6.07 Å². The van der Waals surface area contributed by atoms with Crippen molar-refractivity contribution >= 4 is 5.97 Å². The number of nitrogens with zero attached hydrogens (tertiary/aromatic N) is 1. The molecule has 0 saturated heterocycles. The maximum absolute atomic E-state index is 10.9. The van der Waals surface area contributed by atoms with Gasteiger partial charge in [0.25, 0.3) is 0 Å². The van der Waals surface area contributed by atoms with Crippen LogP contribution in [0.1, 0.15) is 13.8 Å². The Morgan fingerprint density at radius 3 is 2.77 bits per heavy atom. The molecule has 0 aliphatic heterocycles. The number of carbonyl (C=O) groups is 1. The summed E-state index contributed by atoms with van der Waals surface area (Å²) in [6.45, 7) is 7.68. The van der Waals surface area contributed by atoms with Gasteiger partial charge in [-0.3, -0.25) is 0 Å². The summed E-state index contributed by atoms with van der Waals surface area (Å²) in [6, 6.07) is 1.62. The van der Waals surface area contributed by atoms with Crippen LogP contribution < -0.4 is 0 Å². The molecule has 0 N–H and O–H groups in total. The fourth-order valence-corrected chi connectivity index (χ4v) is 0.617. The van der Waals surface area contributed by atoms with Gasteiger partial charge in [-0.1, -0.05) is 6.58 Å². The van der Waals surface area contributed by atoms with E-state index in [4.69, 9.17) is 14.7 Å². The monoisotopic (exact) mass is 183 g/mol. The molecule has 0 aromatic carbocycles. The van der Waals surface area contributed by atoms with E-state index in [1.54, 1.807) is 13.0 Å². The average Bonchev–Trinajstić information content (AvgIpc) is 2.13. The zero-order valence-corrected chi connectivity index (χ0v) is 7.87. The Morgan fingerprint density at radius 1 is 1.69 bits per heavy atom. The van der Waals surface area contributed by atoms with Gasteiger partial charge in [0.2, 0.25) is 0 Å². The summed E-state index contributed by atoms with van der Waals surface area (Å²) in [5, 5.41) is 8.31. The van der Waals surface area contributed by atoms with Crippen molar-refractivity contribution in [2.24, 2.45) is 0 Å². The fourth-order valence-electron chi connectivity index (χ4n) is 0.617. The second kappa shape index (κ2) is 6.21. The molecule has 4 nitrogen and oxygen atoms in total. The van der Waals surface area contributed by atoms with Crippen LogP contribution in [0, 0.1) is 11.3 Å². The number of hydrogen-bond acceptors (Lipinski definition) is 4. The van der Waals surface area contributed by atoms with Crippen LogP contribution in [-0.2, 0) is 14.3 Å². The number of ether oxygens (including phenoxy) is 2. The highest BCUT2D eigenvalue weighted by Gasteiger charge is 2.12. The summed E-state index contributed by atoms with van der Waals surface area (Å²) in [6.07, 6.45) is -0.349. The first kappa shape index (κ1) is 11.7. The number of carbonyl (C=O) groups excluding carboxylic acids is 1. The Morgan fingerprint density at radius 2 is 2.31 bits per heavy atom. The summed E-state index contributed by atoms with van der Waals surface area (Å²) in [5.74, 6) is -0.685. The standard InChI is InChI=1S/C9H13NO3/c1-4-12-6-8(3)13-9(11)7(2)5-10/h8H,2,4,6H2,1,3H3. The molecule has 0 amide bonds. The van der Waals surface area contributed by atoms with Crippen LogP contribution in [0.5, 0.6) is 0 Å². The number of nitriles is 1. The maximum Gasteiger partial charge on any atom is 0.348 e. The second-order valence-electron chi connectivity index (χ2n) is 2.47. The third-order valence-electron chi connectivity index (χ3n) is 1.25. The minimum Gasteiger partial charge on any atom is -0.456 e. The van der Waals surface area contributed by atoms with E-state index < -0.39 is 5.97 Å². The molecule has 0 aromatic rings. The maximum atomic E-state index is 10.9. The summed E-state index contributed by atoms with van der Waals surface area (Å²) >= 11 is 0. The Hall–Kier alpha value is -1.34. The molecule has 0 radical (unpaired) electrons. The van der Waals surface area contributed by atoms with Gasteiger partial charge in [-0.05, 0) is 13.8 Å². The Kier molecular flexibility index (Phi) is 5.57. The summed E-state index contributed by atoms with van der Waals surface area (Å²) in [4.78, 5) is 10.9. The third kappa shape index (κ3) is 4.99. The lowest BCUT2D eigenvalue weighted by Crippen LogP contribution is -2.20. The smallest absolute Gasteiger partial charge is 0.348 e. The van der Waals surface area contributed by atoms with E-state index >= 15 is 0 Å². The Balaban J connectivity index is 3.79. The summed E-state index contributed by atoms with van der Waals surface area (Å²) in [7, 11) is 0. The zero-order chi connectivity index (χ0) is 10.3. The zero-order valence-electron chi connectivity index (χ0n) is 7.87. The van der Waals surface area contributed by atoms with Crippen molar-refractivity contribution in [2.45, 2.75) is 20.0 Å². The normalized spacial score (nSPS) is 11.5. The fraction of sp³-hybridized carbons (Fsp3) is 0.556. The van der Waals surface area contributed by atoms with E-state index in [0.29, 0.717) is 13.2 Å². The van der Waals surface area contributed by atoms with E-state index in [9.17, 15) is 4.79 Å². The van der Waals surface area contributed by atoms with Crippen LogP contribution in [0.3, 0.4) is 0 Å². The Bertz CT molecular complexity index is 230. The molecular weight excluding hydrogens is 170 g/mol. The predicted molar refractivity (Wildman–Crippen MR) is 46.8 cm³/mol. The van der Waals surface area contributed by atoms with Crippen molar-refractivity contribution < 1.29 is 14.3 Å². The van der Waals surface area contributed by atoms with Crippen LogP contribution in [0.25, 0.3) is 0 Å². The quantitative estimate of drug-likeness (QED) is 0.363. The molecule has 0 aliphatic carbocycles. The Labute approximate surface area is 77.8 Å². The summed E-state index contributed by atoms with van der Waals surface area (Å²) in [5.41, 5.74) is -0.191. The minimum atomic E-state index is -0.685. The van der Waals surface area contributed by atoms with E-state index in [0.717, 1.165) is 0 Å². The molecule has 0 heterocycles. The van der Waals surface area contributed by atoms with Crippen molar-refractivity contribution in [2.75, 3.05) is 13.2 Å². The number of hydrogen-bond donors (Lipinski definition) is 0. The van der Waals surface area contributed by atoms with E-state index in [2.05, 4.69) is 6.58 Å². The van der Waals surface area contributed by atoms with Gasteiger partial charge in [0.1, 0.15) is 17.7 Å². The minimum absolute atomic E-state index is 0.191. The highest BCUT2D eigenvalue weighted by molar-refractivity contribution is 5.91. The first-order valence-corrected chi connectivity index (χ1v) is 3.99. The molecule has 0 aromatic heterocycles. The molecule has 72 valence electrons. The van der Waals surface area contributed by atoms with Crippen LogP contribution in [-0.4, -0.2) is 25.3 Å². The van der Waals surface area contributed by atoms with Crippen LogP contribution >= 0.6 is 0 Å². The number of rotatable bonds is 5. The van der Waals surface area contributed by atoms with Gasteiger partial charge in [-0.15, -0.1) is 0 Å². The molecule has 0 spiro atoms. The molecule has 0 saturated carbocycles. The lowest BCUT2D eigenvalue weighted by atomic mass is 10.3. The van der Waals surface area contributed by atoms with Gasteiger partial charge in [0, 0.05) is 6.61 Å². The molecule has 4 heteroatoms. The van der Waals surface area contributed by atoms with Crippen molar-refractivity contribution in [3.05, 3.63) is 12.2 Å². The van der Waals surface area contributed by atoms with Crippen molar-refractivity contribution in [1.29, 1.82) is 5.26 Å². The molecule has 0 fully saturated rings. The molecule has 1 unspecified atom stereocenters. The lowest BCUT2D eigenvalue weighted by Gasteiger charge is -2.11. The second-order valence-corrected chi connectivity index (χ2v) is 2.47. The first-order valence-electron chi connectivity index (χ1n) is 3.99. The molecule has 13 heavy (non-hydrogen) atoms. The average molecular weight is 183 g/mol. The van der Waals surface area contributed by atoms with Crippen molar-refractivity contribution in [3.63, 3.8) is 0 Å². The largest absolute Gasteiger partial charge is 0.456 e. The van der Waals surface area contributed by atoms with Gasteiger partial charge < -0.3 is 9.47 Å². The van der Waals surface area contributed by atoms with E-state index in [1.807, 2.05) is 6.92 Å². The highest BCUT2D eigenvalue weighted by atomic mass is 16.6. The van der Waals surface area contributed by atoms with E-state index in [1.165, 1.54) is 0 Å². The van der Waals surface area contributed by atoms with Crippen LogP contribution in [0.4, 0.5) is 0 Å². The first-order chi connectivity index (χ1) is 6.11. The predicted octanol–water partition coefficient (Wildman–Crippen LogP) is 1.03. The third-order valence-corrected chi connectivity index (χ3v) is 1.25. The van der Waals surface area contributed by atoms with Crippen molar-refractivity contribution in [1.82, 2.24) is 0 Å². The molecule has 0 bridgehead atoms. The number of esters is 1. The van der Waals surface area contributed by atoms with E-state index in [-0.39, 0.29) is 11.7 Å².